The van der Waals surface area contributed by atoms with Gasteiger partial charge in [0.2, 0.25) is 0 Å². The molecule has 2 aromatic carbocycles. The second-order valence-corrected chi connectivity index (χ2v) is 9.55. The minimum absolute atomic E-state index is 0.167. The van der Waals surface area contributed by atoms with E-state index in [1.54, 1.807) is 12.1 Å². The number of anilines is 1. The van der Waals surface area contributed by atoms with Gasteiger partial charge in [-0.1, -0.05) is 54.8 Å². The molecule has 1 aliphatic rings. The zero-order valence-corrected chi connectivity index (χ0v) is 21.1. The van der Waals surface area contributed by atoms with Crippen LogP contribution >= 0.6 is 11.6 Å². The maximum Gasteiger partial charge on any atom is 0.255 e. The average molecular weight is 487 g/mol. The fourth-order valence-electron chi connectivity index (χ4n) is 4.43. The molecule has 1 aliphatic heterocycles. The lowest BCUT2D eigenvalue weighted by Gasteiger charge is -2.32. The molecule has 1 heterocycles. The van der Waals surface area contributed by atoms with E-state index in [0.29, 0.717) is 34.5 Å². The number of unbranched alkanes of at least 4 members (excludes halogenated alkanes) is 3. The van der Waals surface area contributed by atoms with Crippen molar-refractivity contribution in [3.05, 3.63) is 58.6 Å². The summed E-state index contributed by atoms with van der Waals surface area (Å²) in [7, 11) is 1.53. The fourth-order valence-corrected chi connectivity index (χ4v) is 4.59. The number of ether oxygens (including phenoxy) is 1. The Kier molecular flexibility index (Phi) is 11.0. The van der Waals surface area contributed by atoms with Crippen molar-refractivity contribution < 1.29 is 9.53 Å². The minimum Gasteiger partial charge on any atom is -0.496 e. The Hall–Kier alpha value is -2.28. The van der Waals surface area contributed by atoms with Crippen LogP contribution in [0.4, 0.5) is 5.69 Å². The molecule has 1 amide bonds. The van der Waals surface area contributed by atoms with Crippen LogP contribution in [0.15, 0.2) is 42.5 Å². The number of likely N-dealkylation sites (tertiary alicyclic amines) is 1. The Bertz CT molecular complexity index is 886. The third-order valence-electron chi connectivity index (χ3n) is 6.57. The second kappa shape index (κ2) is 14.2. The number of rotatable bonds is 13. The quantitative estimate of drug-likeness (QED) is 0.282. The van der Waals surface area contributed by atoms with Crippen LogP contribution in [0.3, 0.4) is 0 Å². The molecule has 1 fully saturated rings. The van der Waals surface area contributed by atoms with Crippen molar-refractivity contribution in [3.63, 3.8) is 0 Å². The molecule has 2 aromatic rings. The number of nitrogens with one attached hydrogen (secondary N) is 2. The first kappa shape index (κ1) is 26.3. The number of methoxy groups -OCH3 is 1. The molecule has 3 rings (SSSR count). The number of carbonyl (C=O) groups is 1. The molecule has 0 aromatic heterocycles. The maximum absolute atomic E-state index is 12.6. The lowest BCUT2D eigenvalue weighted by atomic mass is 9.96. The standard InChI is InChI=1S/C27H39ClN4O2/c1-34-26-18-25(29)24(28)17-23(26)27(33)31-20-22-11-15-32(16-12-22)14-8-3-2-7-13-30-19-21-9-5-4-6-10-21/h4-6,9-10,17-18,22,30H,2-3,7-8,11-16,19-20,29H2,1H3,(H,31,33). The van der Waals surface area contributed by atoms with Crippen LogP contribution in [0.5, 0.6) is 5.75 Å². The van der Waals surface area contributed by atoms with Gasteiger partial charge in [-0.25, -0.2) is 0 Å². The Morgan fingerprint density at radius 1 is 1.12 bits per heavy atom. The highest BCUT2D eigenvalue weighted by Gasteiger charge is 2.21. The van der Waals surface area contributed by atoms with Crippen LogP contribution in [0.2, 0.25) is 5.02 Å². The third kappa shape index (κ3) is 8.49. The molecule has 0 spiro atoms. The molecular formula is C27H39ClN4O2. The Morgan fingerprint density at radius 2 is 1.85 bits per heavy atom. The van der Waals surface area contributed by atoms with E-state index < -0.39 is 0 Å². The second-order valence-electron chi connectivity index (χ2n) is 9.15. The van der Waals surface area contributed by atoms with Gasteiger partial charge in [0.15, 0.2) is 0 Å². The van der Waals surface area contributed by atoms with Crippen molar-refractivity contribution in [2.75, 3.05) is 45.6 Å². The Balaban J connectivity index is 1.23. The zero-order chi connectivity index (χ0) is 24.2. The highest BCUT2D eigenvalue weighted by molar-refractivity contribution is 6.33. The van der Waals surface area contributed by atoms with Gasteiger partial charge in [0.1, 0.15) is 5.75 Å². The third-order valence-corrected chi connectivity index (χ3v) is 6.90. The summed E-state index contributed by atoms with van der Waals surface area (Å²) < 4.78 is 5.29. The van der Waals surface area contributed by atoms with Crippen LogP contribution < -0.4 is 21.1 Å². The van der Waals surface area contributed by atoms with E-state index in [4.69, 9.17) is 22.1 Å². The van der Waals surface area contributed by atoms with E-state index in [0.717, 1.165) is 39.0 Å². The van der Waals surface area contributed by atoms with Crippen molar-refractivity contribution in [1.29, 1.82) is 0 Å². The maximum atomic E-state index is 12.6. The van der Waals surface area contributed by atoms with Gasteiger partial charge in [-0.05, 0) is 69.4 Å². The molecule has 1 saturated heterocycles. The molecule has 34 heavy (non-hydrogen) atoms. The number of piperidine rings is 1. The monoisotopic (exact) mass is 486 g/mol. The topological polar surface area (TPSA) is 79.6 Å². The summed E-state index contributed by atoms with van der Waals surface area (Å²) in [6.45, 7) is 6.11. The first-order valence-electron chi connectivity index (χ1n) is 12.4. The van der Waals surface area contributed by atoms with Gasteiger partial charge in [-0.15, -0.1) is 0 Å². The largest absolute Gasteiger partial charge is 0.496 e. The van der Waals surface area contributed by atoms with Crippen LogP contribution in [-0.2, 0) is 6.54 Å². The number of nitrogens with two attached hydrogens (primary N) is 1. The summed E-state index contributed by atoms with van der Waals surface area (Å²) in [4.78, 5) is 15.2. The summed E-state index contributed by atoms with van der Waals surface area (Å²) in [5.74, 6) is 0.784. The zero-order valence-electron chi connectivity index (χ0n) is 20.3. The minimum atomic E-state index is -0.167. The van der Waals surface area contributed by atoms with Crippen LogP contribution in [-0.4, -0.2) is 50.6 Å². The highest BCUT2D eigenvalue weighted by atomic mass is 35.5. The molecular weight excluding hydrogens is 448 g/mol. The van der Waals surface area contributed by atoms with Gasteiger partial charge < -0.3 is 26.0 Å². The molecule has 4 N–H and O–H groups in total. The molecule has 186 valence electrons. The van der Waals surface area contributed by atoms with Gasteiger partial charge in [0, 0.05) is 19.2 Å². The first-order valence-corrected chi connectivity index (χ1v) is 12.8. The van der Waals surface area contributed by atoms with Gasteiger partial charge >= 0.3 is 0 Å². The van der Waals surface area contributed by atoms with Crippen LogP contribution in [0.25, 0.3) is 0 Å². The van der Waals surface area contributed by atoms with Crippen LogP contribution in [0.1, 0.15) is 54.4 Å². The SMILES string of the molecule is COc1cc(N)c(Cl)cc1C(=O)NCC1CCN(CCCCCCNCc2ccccc2)CC1. The summed E-state index contributed by atoms with van der Waals surface area (Å²) in [5, 5.41) is 6.94. The van der Waals surface area contributed by atoms with E-state index in [2.05, 4.69) is 45.9 Å². The normalized spacial score (nSPS) is 14.8. The molecule has 0 bridgehead atoms. The van der Waals surface area contributed by atoms with Crippen molar-refractivity contribution in [3.8, 4) is 5.75 Å². The van der Waals surface area contributed by atoms with Crippen LogP contribution in [0, 0.1) is 5.92 Å². The molecule has 0 unspecified atom stereocenters. The summed E-state index contributed by atoms with van der Waals surface area (Å²) in [6, 6.07) is 13.7. The van der Waals surface area contributed by atoms with E-state index >= 15 is 0 Å². The van der Waals surface area contributed by atoms with Gasteiger partial charge in [-0.3, -0.25) is 4.79 Å². The summed E-state index contributed by atoms with van der Waals surface area (Å²) in [6.07, 6.45) is 7.29. The van der Waals surface area contributed by atoms with Crippen molar-refractivity contribution >= 4 is 23.2 Å². The molecule has 0 saturated carbocycles. The number of halogens is 1. The molecule has 0 atom stereocenters. The number of hydrogen-bond donors (Lipinski definition) is 3. The van der Waals surface area contributed by atoms with Crippen molar-refractivity contribution in [2.45, 2.75) is 45.1 Å². The highest BCUT2D eigenvalue weighted by Crippen LogP contribution is 2.29. The van der Waals surface area contributed by atoms with E-state index in [9.17, 15) is 4.79 Å². The Morgan fingerprint density at radius 3 is 2.59 bits per heavy atom. The fraction of sp³-hybridized carbons (Fsp3) is 0.519. The van der Waals surface area contributed by atoms with Crippen molar-refractivity contribution in [2.24, 2.45) is 5.92 Å². The predicted molar refractivity (Wildman–Crippen MR) is 141 cm³/mol. The number of benzene rings is 2. The lowest BCUT2D eigenvalue weighted by molar-refractivity contribution is 0.0933. The molecule has 0 aliphatic carbocycles. The number of nitrogen functional groups attached to an aromatic ring is 1. The van der Waals surface area contributed by atoms with Crippen molar-refractivity contribution in [1.82, 2.24) is 15.5 Å². The molecule has 6 nitrogen and oxygen atoms in total. The van der Waals surface area contributed by atoms with Gasteiger partial charge in [-0.2, -0.15) is 0 Å². The smallest absolute Gasteiger partial charge is 0.255 e. The number of nitrogens with zero attached hydrogens (tertiary/aromatic N) is 1. The van der Waals surface area contributed by atoms with E-state index in [1.807, 2.05) is 0 Å². The number of carbonyl (C=O) groups excluding carboxylic acids is 1. The number of amides is 1. The van der Waals surface area contributed by atoms with E-state index in [1.165, 1.54) is 44.9 Å². The predicted octanol–water partition coefficient (Wildman–Crippen LogP) is 4.72. The average Bonchev–Trinajstić information content (AvgIpc) is 2.86. The van der Waals surface area contributed by atoms with Gasteiger partial charge in [0.25, 0.3) is 5.91 Å². The molecule has 7 heteroatoms. The Labute approximate surface area is 209 Å². The molecule has 0 radical (unpaired) electrons. The van der Waals surface area contributed by atoms with E-state index in [-0.39, 0.29) is 5.91 Å². The summed E-state index contributed by atoms with van der Waals surface area (Å²) in [5.41, 5.74) is 7.99. The number of hydrogen-bond acceptors (Lipinski definition) is 5. The summed E-state index contributed by atoms with van der Waals surface area (Å²) >= 11 is 6.09. The lowest BCUT2D eigenvalue weighted by Crippen LogP contribution is -2.39. The van der Waals surface area contributed by atoms with Gasteiger partial charge in [0.05, 0.1) is 23.4 Å². The first-order chi connectivity index (χ1) is 16.6.